The fourth-order valence-corrected chi connectivity index (χ4v) is 2.46. The molecule has 0 saturated carbocycles. The lowest BCUT2D eigenvalue weighted by Crippen LogP contribution is -2.42. The summed E-state index contributed by atoms with van der Waals surface area (Å²) in [5, 5.41) is 10.5. The van der Waals surface area contributed by atoms with E-state index in [9.17, 15) is 9.90 Å². The number of rotatable bonds is 11. The zero-order valence-corrected chi connectivity index (χ0v) is 14.2. The molecule has 0 amide bonds. The van der Waals surface area contributed by atoms with Crippen molar-refractivity contribution in [2.45, 2.75) is 65.6 Å². The van der Waals surface area contributed by atoms with E-state index in [1.54, 1.807) is 21.0 Å². The Hall–Kier alpha value is -0.870. The molecule has 0 aromatic carbocycles. The van der Waals surface area contributed by atoms with Crippen LogP contribution < -0.4 is 0 Å². The number of hydrogen-bond acceptors (Lipinski definition) is 4. The van der Waals surface area contributed by atoms with Gasteiger partial charge < -0.3 is 14.6 Å². The van der Waals surface area contributed by atoms with E-state index >= 15 is 0 Å². The summed E-state index contributed by atoms with van der Waals surface area (Å²) in [6.45, 7) is 11.2. The molecule has 3 atom stereocenters. The number of ether oxygens (including phenoxy) is 2. The third-order valence-corrected chi connectivity index (χ3v) is 4.02. The summed E-state index contributed by atoms with van der Waals surface area (Å²) in [6.07, 6.45) is 4.81. The first-order valence-corrected chi connectivity index (χ1v) is 7.80. The molecule has 1 N–H and O–H groups in total. The Labute approximate surface area is 129 Å². The van der Waals surface area contributed by atoms with Crippen LogP contribution in [0.1, 0.15) is 53.4 Å². The smallest absolute Gasteiger partial charge is 0.314 e. The number of aliphatic hydroxyl groups is 1. The summed E-state index contributed by atoms with van der Waals surface area (Å²) in [5.41, 5.74) is -0.921. The fourth-order valence-electron chi connectivity index (χ4n) is 2.46. The maximum absolute atomic E-state index is 12.0. The Morgan fingerprint density at radius 1 is 1.33 bits per heavy atom. The standard InChI is InChI=1S/C17H32O4/c1-7-9-14(20-6)11-10-13(3)15(18)17(4,5)16(19)21-12-8-2/h8,13-15,18H,2,7,9-12H2,1,3-6H3/t13-,14+,15+/m1/s1. The second kappa shape index (κ2) is 9.96. The first kappa shape index (κ1) is 20.1. The summed E-state index contributed by atoms with van der Waals surface area (Å²) >= 11 is 0. The minimum atomic E-state index is -0.921. The van der Waals surface area contributed by atoms with Gasteiger partial charge in [0.1, 0.15) is 6.61 Å². The normalized spacial score (nSPS) is 16.1. The van der Waals surface area contributed by atoms with E-state index < -0.39 is 17.5 Å². The van der Waals surface area contributed by atoms with Gasteiger partial charge in [0.25, 0.3) is 0 Å². The van der Waals surface area contributed by atoms with Gasteiger partial charge in [-0.2, -0.15) is 0 Å². The SMILES string of the molecule is C=CCOC(=O)C(C)(C)[C@@H](O)[C@H](C)CC[C@H](CCC)OC. The molecular weight excluding hydrogens is 268 g/mol. The van der Waals surface area contributed by atoms with Crippen molar-refractivity contribution in [3.63, 3.8) is 0 Å². The summed E-state index contributed by atoms with van der Waals surface area (Å²) in [5.74, 6) is -0.385. The summed E-state index contributed by atoms with van der Waals surface area (Å²) in [4.78, 5) is 12.0. The van der Waals surface area contributed by atoms with Crippen LogP contribution >= 0.6 is 0 Å². The van der Waals surface area contributed by atoms with Crippen molar-refractivity contribution in [2.24, 2.45) is 11.3 Å². The highest BCUT2D eigenvalue weighted by atomic mass is 16.5. The predicted molar refractivity (Wildman–Crippen MR) is 85.0 cm³/mol. The van der Waals surface area contributed by atoms with Crippen molar-refractivity contribution >= 4 is 5.97 Å². The van der Waals surface area contributed by atoms with Gasteiger partial charge in [0.2, 0.25) is 0 Å². The van der Waals surface area contributed by atoms with Gasteiger partial charge in [-0.1, -0.05) is 32.9 Å². The van der Waals surface area contributed by atoms with Gasteiger partial charge in [0, 0.05) is 7.11 Å². The molecule has 0 radical (unpaired) electrons. The maximum Gasteiger partial charge on any atom is 0.314 e. The molecule has 0 heterocycles. The number of carbonyl (C=O) groups excluding carboxylic acids is 1. The number of esters is 1. The zero-order valence-electron chi connectivity index (χ0n) is 14.2. The van der Waals surface area contributed by atoms with Crippen molar-refractivity contribution in [1.82, 2.24) is 0 Å². The summed E-state index contributed by atoms with van der Waals surface area (Å²) in [7, 11) is 1.72. The van der Waals surface area contributed by atoms with Gasteiger partial charge in [-0.05, 0) is 39.0 Å². The molecule has 0 unspecified atom stereocenters. The monoisotopic (exact) mass is 300 g/mol. The van der Waals surface area contributed by atoms with Crippen LogP contribution in [-0.2, 0) is 14.3 Å². The molecular formula is C17H32O4. The molecule has 0 aliphatic carbocycles. The molecule has 0 aromatic rings. The molecule has 0 bridgehead atoms. The van der Waals surface area contributed by atoms with Crippen molar-refractivity contribution in [3.8, 4) is 0 Å². The van der Waals surface area contributed by atoms with Gasteiger partial charge in [-0.15, -0.1) is 0 Å². The lowest BCUT2D eigenvalue weighted by atomic mass is 9.78. The molecule has 0 saturated heterocycles. The van der Waals surface area contributed by atoms with E-state index in [4.69, 9.17) is 9.47 Å². The topological polar surface area (TPSA) is 55.8 Å². The van der Waals surface area contributed by atoms with Crippen molar-refractivity contribution in [3.05, 3.63) is 12.7 Å². The van der Waals surface area contributed by atoms with Crippen LogP contribution in [0.5, 0.6) is 0 Å². The third kappa shape index (κ3) is 6.62. The average molecular weight is 300 g/mol. The number of methoxy groups -OCH3 is 1. The molecule has 4 heteroatoms. The van der Waals surface area contributed by atoms with E-state index in [1.807, 2.05) is 6.92 Å². The van der Waals surface area contributed by atoms with Crippen LogP contribution in [0.2, 0.25) is 0 Å². The molecule has 0 aliphatic heterocycles. The molecule has 0 aliphatic rings. The highest BCUT2D eigenvalue weighted by molar-refractivity contribution is 5.76. The van der Waals surface area contributed by atoms with Crippen LogP contribution in [0, 0.1) is 11.3 Å². The first-order chi connectivity index (χ1) is 9.81. The average Bonchev–Trinajstić information content (AvgIpc) is 2.47. The Kier molecular flexibility index (Phi) is 9.54. The molecule has 124 valence electrons. The predicted octanol–water partition coefficient (Wildman–Crippen LogP) is 3.33. The molecule has 4 nitrogen and oxygen atoms in total. The fraction of sp³-hybridized carbons (Fsp3) is 0.824. The highest BCUT2D eigenvalue weighted by Gasteiger charge is 2.40. The van der Waals surface area contributed by atoms with Crippen molar-refractivity contribution in [1.29, 1.82) is 0 Å². The third-order valence-electron chi connectivity index (χ3n) is 4.02. The molecule has 0 spiro atoms. The van der Waals surface area contributed by atoms with E-state index in [-0.39, 0.29) is 18.6 Å². The highest BCUT2D eigenvalue weighted by Crippen LogP contribution is 2.30. The quantitative estimate of drug-likeness (QED) is 0.470. The Bertz CT molecular complexity index is 312. The number of carbonyl (C=O) groups is 1. The van der Waals surface area contributed by atoms with Crippen LogP contribution in [0.15, 0.2) is 12.7 Å². The Morgan fingerprint density at radius 3 is 2.43 bits per heavy atom. The van der Waals surface area contributed by atoms with Gasteiger partial charge in [0.15, 0.2) is 0 Å². The largest absolute Gasteiger partial charge is 0.461 e. The van der Waals surface area contributed by atoms with Gasteiger partial charge >= 0.3 is 5.97 Å². The van der Waals surface area contributed by atoms with E-state index in [2.05, 4.69) is 13.5 Å². The Balaban J connectivity index is 4.49. The van der Waals surface area contributed by atoms with E-state index in [1.165, 1.54) is 6.08 Å². The second-order valence-electron chi connectivity index (χ2n) is 6.25. The van der Waals surface area contributed by atoms with E-state index in [0.29, 0.717) is 0 Å². The number of hydrogen-bond donors (Lipinski definition) is 1. The van der Waals surface area contributed by atoms with Crippen molar-refractivity contribution in [2.75, 3.05) is 13.7 Å². The lowest BCUT2D eigenvalue weighted by Gasteiger charge is -2.32. The van der Waals surface area contributed by atoms with Crippen LogP contribution in [0.25, 0.3) is 0 Å². The Morgan fingerprint density at radius 2 is 1.95 bits per heavy atom. The maximum atomic E-state index is 12.0. The summed E-state index contributed by atoms with van der Waals surface area (Å²) < 4.78 is 10.5. The second-order valence-corrected chi connectivity index (χ2v) is 6.25. The van der Waals surface area contributed by atoms with Gasteiger partial charge in [-0.3, -0.25) is 4.79 Å². The van der Waals surface area contributed by atoms with Crippen LogP contribution in [-0.4, -0.2) is 37.0 Å². The molecule has 21 heavy (non-hydrogen) atoms. The van der Waals surface area contributed by atoms with E-state index in [0.717, 1.165) is 25.7 Å². The minimum absolute atomic E-state index is 0.00536. The van der Waals surface area contributed by atoms with Crippen LogP contribution in [0.3, 0.4) is 0 Å². The lowest BCUT2D eigenvalue weighted by molar-refractivity contribution is -0.161. The molecule has 0 rings (SSSR count). The minimum Gasteiger partial charge on any atom is -0.461 e. The van der Waals surface area contributed by atoms with Gasteiger partial charge in [0.05, 0.1) is 17.6 Å². The first-order valence-electron chi connectivity index (χ1n) is 7.80. The molecule has 0 aromatic heterocycles. The number of aliphatic hydroxyl groups excluding tert-OH is 1. The zero-order chi connectivity index (χ0) is 16.5. The van der Waals surface area contributed by atoms with Crippen LogP contribution in [0.4, 0.5) is 0 Å². The summed E-state index contributed by atoms with van der Waals surface area (Å²) in [6, 6.07) is 0. The molecule has 0 fully saturated rings. The van der Waals surface area contributed by atoms with Crippen molar-refractivity contribution < 1.29 is 19.4 Å². The van der Waals surface area contributed by atoms with Gasteiger partial charge in [-0.25, -0.2) is 0 Å².